The second-order valence-electron chi connectivity index (χ2n) is 2.68. The van der Waals surface area contributed by atoms with Gasteiger partial charge in [-0.25, -0.2) is 0 Å². The van der Waals surface area contributed by atoms with Gasteiger partial charge in [-0.15, -0.1) is 0 Å². The second-order valence-corrected chi connectivity index (χ2v) is 2.68. The van der Waals surface area contributed by atoms with Gasteiger partial charge in [0, 0.05) is 6.54 Å². The lowest BCUT2D eigenvalue weighted by Crippen LogP contribution is -2.27. The van der Waals surface area contributed by atoms with Gasteiger partial charge in [-0.2, -0.15) is 0 Å². The first-order chi connectivity index (χ1) is 6.16. The molecule has 0 bridgehead atoms. The Morgan fingerprint density at radius 1 is 1.62 bits per heavy atom. The van der Waals surface area contributed by atoms with E-state index in [9.17, 15) is 4.79 Å². The molecule has 0 saturated heterocycles. The van der Waals surface area contributed by atoms with Gasteiger partial charge in [0.15, 0.2) is 0 Å². The monoisotopic (exact) mass is 184 g/mol. The van der Waals surface area contributed by atoms with E-state index < -0.39 is 0 Å². The van der Waals surface area contributed by atoms with Crippen molar-refractivity contribution in [1.82, 2.24) is 10.5 Å². The lowest BCUT2D eigenvalue weighted by Gasteiger charge is -2.00. The fourth-order valence-electron chi connectivity index (χ4n) is 1.06. The second kappa shape index (κ2) is 4.04. The summed E-state index contributed by atoms with van der Waals surface area (Å²) in [4.78, 5) is 11.4. The van der Waals surface area contributed by atoms with Gasteiger partial charge in [0.25, 0.3) is 5.91 Å². The molecule has 1 heterocycles. The molecule has 1 rings (SSSR count). The van der Waals surface area contributed by atoms with Crippen LogP contribution in [0, 0.1) is 13.8 Å². The maximum Gasteiger partial charge on any atom is 0.256 e. The molecule has 5 heteroatoms. The largest absolute Gasteiger partial charge is 0.395 e. The molecule has 1 amide bonds. The zero-order valence-corrected chi connectivity index (χ0v) is 7.63. The van der Waals surface area contributed by atoms with E-state index in [-0.39, 0.29) is 19.1 Å². The van der Waals surface area contributed by atoms with Gasteiger partial charge >= 0.3 is 0 Å². The Balaban J connectivity index is 2.76. The van der Waals surface area contributed by atoms with Crippen LogP contribution in [0.1, 0.15) is 21.8 Å². The van der Waals surface area contributed by atoms with Crippen LogP contribution in [0.25, 0.3) is 0 Å². The topological polar surface area (TPSA) is 75.4 Å². The average molecular weight is 184 g/mol. The molecular formula is C8H12N2O3. The van der Waals surface area contributed by atoms with Crippen LogP contribution in [-0.4, -0.2) is 29.3 Å². The highest BCUT2D eigenvalue weighted by atomic mass is 16.5. The highest BCUT2D eigenvalue weighted by Gasteiger charge is 2.16. The highest BCUT2D eigenvalue weighted by molar-refractivity contribution is 5.96. The minimum atomic E-state index is -0.259. The summed E-state index contributed by atoms with van der Waals surface area (Å²) in [7, 11) is 0. The zero-order valence-electron chi connectivity index (χ0n) is 7.63. The van der Waals surface area contributed by atoms with Gasteiger partial charge in [-0.05, 0) is 13.8 Å². The van der Waals surface area contributed by atoms with Crippen LogP contribution in [0.5, 0.6) is 0 Å². The summed E-state index contributed by atoms with van der Waals surface area (Å²) in [5.41, 5.74) is 1.02. The smallest absolute Gasteiger partial charge is 0.256 e. The van der Waals surface area contributed by atoms with Crippen molar-refractivity contribution in [3.63, 3.8) is 0 Å². The van der Waals surface area contributed by atoms with Gasteiger partial charge in [0.05, 0.1) is 12.3 Å². The molecule has 0 saturated carbocycles. The fourth-order valence-corrected chi connectivity index (χ4v) is 1.06. The number of aromatic nitrogens is 1. The fraction of sp³-hybridized carbons (Fsp3) is 0.500. The Bertz CT molecular complexity index is 287. The molecule has 0 aliphatic rings. The summed E-state index contributed by atoms with van der Waals surface area (Å²) >= 11 is 0. The number of aliphatic hydroxyl groups is 1. The number of aryl methyl sites for hydroxylation is 2. The van der Waals surface area contributed by atoms with E-state index in [4.69, 9.17) is 9.63 Å². The van der Waals surface area contributed by atoms with Crippen molar-refractivity contribution >= 4 is 5.91 Å². The van der Waals surface area contributed by atoms with E-state index in [0.717, 1.165) is 0 Å². The van der Waals surface area contributed by atoms with Crippen LogP contribution in [0.3, 0.4) is 0 Å². The van der Waals surface area contributed by atoms with Crippen LogP contribution in [0.15, 0.2) is 4.52 Å². The van der Waals surface area contributed by atoms with Gasteiger partial charge in [0.2, 0.25) is 0 Å². The first-order valence-electron chi connectivity index (χ1n) is 3.98. The number of hydrogen-bond donors (Lipinski definition) is 2. The first-order valence-corrected chi connectivity index (χ1v) is 3.98. The van der Waals surface area contributed by atoms with Gasteiger partial charge in [-0.1, -0.05) is 5.16 Å². The molecule has 72 valence electrons. The third kappa shape index (κ3) is 2.06. The molecular weight excluding hydrogens is 172 g/mol. The number of carbonyl (C=O) groups excluding carboxylic acids is 1. The van der Waals surface area contributed by atoms with Crippen molar-refractivity contribution in [3.8, 4) is 0 Å². The molecule has 0 radical (unpaired) electrons. The molecule has 1 aromatic heterocycles. The SMILES string of the molecule is Cc1noc(C)c1C(=O)NCCO. The summed E-state index contributed by atoms with van der Waals surface area (Å²) in [6, 6.07) is 0. The number of carbonyl (C=O) groups is 1. The van der Waals surface area contributed by atoms with Crippen molar-refractivity contribution < 1.29 is 14.4 Å². The normalized spacial score (nSPS) is 10.1. The van der Waals surface area contributed by atoms with Crippen molar-refractivity contribution in [2.24, 2.45) is 0 Å². The summed E-state index contributed by atoms with van der Waals surface area (Å²) < 4.78 is 4.82. The quantitative estimate of drug-likeness (QED) is 0.694. The number of hydrogen-bond acceptors (Lipinski definition) is 4. The first kappa shape index (κ1) is 9.73. The Hall–Kier alpha value is -1.36. The lowest BCUT2D eigenvalue weighted by atomic mass is 10.2. The van der Waals surface area contributed by atoms with Crippen LogP contribution >= 0.6 is 0 Å². The van der Waals surface area contributed by atoms with Crippen molar-refractivity contribution in [1.29, 1.82) is 0 Å². The van der Waals surface area contributed by atoms with Crippen molar-refractivity contribution in [3.05, 3.63) is 17.0 Å². The van der Waals surface area contributed by atoms with Crippen LogP contribution in [0.2, 0.25) is 0 Å². The Labute approximate surface area is 75.7 Å². The molecule has 0 atom stereocenters. The molecule has 0 aliphatic carbocycles. The molecule has 0 aromatic carbocycles. The van der Waals surface area contributed by atoms with Crippen molar-refractivity contribution in [2.75, 3.05) is 13.2 Å². The molecule has 0 fully saturated rings. The van der Waals surface area contributed by atoms with Gasteiger partial charge in [-0.3, -0.25) is 4.79 Å². The predicted molar refractivity (Wildman–Crippen MR) is 45.4 cm³/mol. The Kier molecular flexibility index (Phi) is 3.02. The van der Waals surface area contributed by atoms with Gasteiger partial charge < -0.3 is 14.9 Å². The number of rotatable bonds is 3. The molecule has 0 unspecified atom stereocenters. The number of nitrogens with zero attached hydrogens (tertiary/aromatic N) is 1. The van der Waals surface area contributed by atoms with Gasteiger partial charge in [0.1, 0.15) is 11.3 Å². The molecule has 0 spiro atoms. The average Bonchev–Trinajstić information content (AvgIpc) is 2.42. The third-order valence-electron chi connectivity index (χ3n) is 1.66. The number of nitrogens with one attached hydrogen (secondary N) is 1. The van der Waals surface area contributed by atoms with E-state index >= 15 is 0 Å². The van der Waals surface area contributed by atoms with Crippen LogP contribution < -0.4 is 5.32 Å². The van der Waals surface area contributed by atoms with E-state index in [1.54, 1.807) is 13.8 Å². The van der Waals surface area contributed by atoms with E-state index in [2.05, 4.69) is 10.5 Å². The third-order valence-corrected chi connectivity index (χ3v) is 1.66. The summed E-state index contributed by atoms with van der Waals surface area (Å²) in [6.07, 6.45) is 0. The van der Waals surface area contributed by atoms with E-state index in [1.807, 2.05) is 0 Å². The molecule has 13 heavy (non-hydrogen) atoms. The summed E-state index contributed by atoms with van der Waals surface area (Å²) in [5.74, 6) is 0.234. The molecule has 5 nitrogen and oxygen atoms in total. The zero-order chi connectivity index (χ0) is 9.84. The predicted octanol–water partition coefficient (Wildman–Crippen LogP) is 0.0135. The standard InChI is InChI=1S/C8H12N2O3/c1-5-7(6(2)13-10-5)8(12)9-3-4-11/h11H,3-4H2,1-2H3,(H,9,12). The van der Waals surface area contributed by atoms with Crippen molar-refractivity contribution in [2.45, 2.75) is 13.8 Å². The Morgan fingerprint density at radius 3 is 2.77 bits per heavy atom. The number of aliphatic hydroxyl groups excluding tert-OH is 1. The maximum absolute atomic E-state index is 11.4. The van der Waals surface area contributed by atoms with Crippen LogP contribution in [-0.2, 0) is 0 Å². The number of amides is 1. The molecule has 0 aliphatic heterocycles. The molecule has 2 N–H and O–H groups in total. The van der Waals surface area contributed by atoms with E-state index in [1.165, 1.54) is 0 Å². The highest BCUT2D eigenvalue weighted by Crippen LogP contribution is 2.11. The van der Waals surface area contributed by atoms with E-state index in [0.29, 0.717) is 17.0 Å². The lowest BCUT2D eigenvalue weighted by molar-refractivity contribution is 0.0942. The minimum absolute atomic E-state index is 0.0743. The maximum atomic E-state index is 11.4. The summed E-state index contributed by atoms with van der Waals surface area (Å²) in [6.45, 7) is 3.54. The molecule has 1 aromatic rings. The minimum Gasteiger partial charge on any atom is -0.395 e. The Morgan fingerprint density at radius 2 is 2.31 bits per heavy atom. The summed E-state index contributed by atoms with van der Waals surface area (Å²) in [5, 5.41) is 14.7. The van der Waals surface area contributed by atoms with Crippen LogP contribution in [0.4, 0.5) is 0 Å².